The molecule has 0 aromatic heterocycles. The number of aryl methyl sites for hydroxylation is 2. The van der Waals surface area contributed by atoms with Crippen molar-refractivity contribution >= 4 is 5.78 Å². The molecule has 0 heterocycles. The lowest BCUT2D eigenvalue weighted by Gasteiger charge is -2.21. The number of Topliss-reactive ketones (excluding diaryl/α,β-unsaturated/α-hetero) is 1. The first-order valence-electron chi connectivity index (χ1n) is 9.17. The summed E-state index contributed by atoms with van der Waals surface area (Å²) in [6.45, 7) is 10.6. The molecule has 1 aromatic carbocycles. The fraction of sp³-hybridized carbons (Fsp3) is 0.591. The zero-order valence-corrected chi connectivity index (χ0v) is 15.6. The van der Waals surface area contributed by atoms with Gasteiger partial charge in [-0.3, -0.25) is 4.79 Å². The van der Waals surface area contributed by atoms with Crippen LogP contribution in [0.5, 0.6) is 0 Å². The SMILES string of the molecule is CCCC/C1=C(\C)CCc2ccc(C(=O)C(C)(C)C)cc2CC1. The third-order valence-corrected chi connectivity index (χ3v) is 5.05. The Balaban J connectivity index is 2.23. The van der Waals surface area contributed by atoms with Crippen LogP contribution in [0.15, 0.2) is 29.3 Å². The number of ketones is 1. The van der Waals surface area contributed by atoms with Crippen LogP contribution < -0.4 is 0 Å². The van der Waals surface area contributed by atoms with Crippen molar-refractivity contribution in [2.75, 3.05) is 0 Å². The Kier molecular flexibility index (Phi) is 5.84. The fourth-order valence-electron chi connectivity index (χ4n) is 3.40. The van der Waals surface area contributed by atoms with E-state index in [-0.39, 0.29) is 11.2 Å². The molecule has 0 radical (unpaired) electrons. The van der Waals surface area contributed by atoms with Gasteiger partial charge < -0.3 is 0 Å². The highest BCUT2D eigenvalue weighted by molar-refractivity contribution is 6.00. The summed E-state index contributed by atoms with van der Waals surface area (Å²) in [6.07, 6.45) is 8.32. The van der Waals surface area contributed by atoms with Gasteiger partial charge in [-0.2, -0.15) is 0 Å². The molecule has 0 fully saturated rings. The molecule has 126 valence electrons. The molecule has 2 rings (SSSR count). The van der Waals surface area contributed by atoms with E-state index in [4.69, 9.17) is 0 Å². The Morgan fingerprint density at radius 3 is 2.39 bits per heavy atom. The van der Waals surface area contributed by atoms with Crippen LogP contribution in [0.25, 0.3) is 0 Å². The summed E-state index contributed by atoms with van der Waals surface area (Å²) in [6, 6.07) is 6.39. The minimum atomic E-state index is -0.307. The third kappa shape index (κ3) is 4.56. The van der Waals surface area contributed by atoms with Crippen molar-refractivity contribution in [3.8, 4) is 0 Å². The average molecular weight is 312 g/mol. The highest BCUT2D eigenvalue weighted by Gasteiger charge is 2.23. The van der Waals surface area contributed by atoms with Crippen molar-refractivity contribution < 1.29 is 4.79 Å². The first-order valence-corrected chi connectivity index (χ1v) is 9.17. The molecule has 1 aromatic rings. The summed E-state index contributed by atoms with van der Waals surface area (Å²) in [5, 5.41) is 0. The number of hydrogen-bond acceptors (Lipinski definition) is 1. The molecule has 1 heteroatoms. The van der Waals surface area contributed by atoms with E-state index >= 15 is 0 Å². The summed E-state index contributed by atoms with van der Waals surface area (Å²) < 4.78 is 0. The molecule has 0 saturated carbocycles. The van der Waals surface area contributed by atoms with E-state index in [1.165, 1.54) is 36.8 Å². The summed E-state index contributed by atoms with van der Waals surface area (Å²) in [4.78, 5) is 12.6. The summed E-state index contributed by atoms with van der Waals surface area (Å²) in [5.74, 6) is 0.250. The van der Waals surface area contributed by atoms with Gasteiger partial charge in [0.2, 0.25) is 0 Å². The van der Waals surface area contributed by atoms with Gasteiger partial charge in [0.15, 0.2) is 5.78 Å². The van der Waals surface area contributed by atoms with Crippen molar-refractivity contribution in [2.45, 2.75) is 79.6 Å². The largest absolute Gasteiger partial charge is 0.294 e. The average Bonchev–Trinajstić information content (AvgIpc) is 2.50. The number of rotatable bonds is 4. The smallest absolute Gasteiger partial charge is 0.168 e. The summed E-state index contributed by atoms with van der Waals surface area (Å²) >= 11 is 0. The third-order valence-electron chi connectivity index (χ3n) is 5.05. The Morgan fingerprint density at radius 1 is 1.04 bits per heavy atom. The standard InChI is InChI=1S/C22H32O/c1-6-7-8-17-11-13-19-15-20(21(23)22(3,4)5)14-12-18(19)10-9-16(17)2/h12,14-15H,6-11,13H2,1-5H3/b17-16-. The number of carbonyl (C=O) groups is 1. The van der Waals surface area contributed by atoms with E-state index in [1.54, 1.807) is 11.1 Å². The van der Waals surface area contributed by atoms with Crippen molar-refractivity contribution in [3.63, 3.8) is 0 Å². The molecule has 1 nitrogen and oxygen atoms in total. The second kappa shape index (κ2) is 7.47. The number of carbonyl (C=O) groups excluding carboxylic acids is 1. The van der Waals surface area contributed by atoms with Crippen LogP contribution in [0.2, 0.25) is 0 Å². The lowest BCUT2D eigenvalue weighted by molar-refractivity contribution is 0.0858. The van der Waals surface area contributed by atoms with E-state index in [9.17, 15) is 4.79 Å². The molecule has 1 aliphatic carbocycles. The summed E-state index contributed by atoms with van der Waals surface area (Å²) in [7, 11) is 0. The maximum absolute atomic E-state index is 12.6. The second-order valence-corrected chi connectivity index (χ2v) is 8.05. The fourth-order valence-corrected chi connectivity index (χ4v) is 3.40. The number of fused-ring (bicyclic) bond motifs is 1. The Bertz CT molecular complexity index is 599. The molecule has 0 saturated heterocycles. The summed E-state index contributed by atoms with van der Waals surface area (Å²) in [5.41, 5.74) is 6.65. The first kappa shape index (κ1) is 18.0. The Hall–Kier alpha value is -1.37. The van der Waals surface area contributed by atoms with Crippen molar-refractivity contribution in [2.24, 2.45) is 5.41 Å². The van der Waals surface area contributed by atoms with Crippen LogP contribution in [-0.4, -0.2) is 5.78 Å². The normalized spacial score (nSPS) is 19.0. The van der Waals surface area contributed by atoms with Crippen molar-refractivity contribution in [1.29, 1.82) is 0 Å². The zero-order valence-electron chi connectivity index (χ0n) is 15.6. The zero-order chi connectivity index (χ0) is 17.0. The molecule has 0 bridgehead atoms. The predicted octanol–water partition coefficient (Wildman–Crippen LogP) is 6.30. The number of allylic oxidation sites excluding steroid dienone is 2. The van der Waals surface area contributed by atoms with Gasteiger partial charge in [-0.05, 0) is 62.6 Å². The van der Waals surface area contributed by atoms with E-state index in [2.05, 4.69) is 26.0 Å². The lowest BCUT2D eigenvalue weighted by atomic mass is 9.83. The van der Waals surface area contributed by atoms with Gasteiger partial charge in [0, 0.05) is 11.0 Å². The van der Waals surface area contributed by atoms with Gasteiger partial charge in [-0.15, -0.1) is 0 Å². The number of hydrogen-bond donors (Lipinski definition) is 0. The Morgan fingerprint density at radius 2 is 1.74 bits per heavy atom. The van der Waals surface area contributed by atoms with Crippen LogP contribution in [-0.2, 0) is 12.8 Å². The van der Waals surface area contributed by atoms with Gasteiger partial charge in [0.1, 0.15) is 0 Å². The van der Waals surface area contributed by atoms with Crippen LogP contribution in [0.1, 0.15) is 88.2 Å². The van der Waals surface area contributed by atoms with E-state index in [0.29, 0.717) is 0 Å². The lowest BCUT2D eigenvalue weighted by Crippen LogP contribution is -2.20. The maximum Gasteiger partial charge on any atom is 0.168 e. The minimum Gasteiger partial charge on any atom is -0.294 e. The van der Waals surface area contributed by atoms with Gasteiger partial charge in [0.25, 0.3) is 0 Å². The number of benzene rings is 1. The second-order valence-electron chi connectivity index (χ2n) is 8.05. The molecule has 0 atom stereocenters. The molecule has 0 unspecified atom stereocenters. The van der Waals surface area contributed by atoms with Crippen LogP contribution >= 0.6 is 0 Å². The first-order chi connectivity index (χ1) is 10.8. The molecule has 23 heavy (non-hydrogen) atoms. The molecule has 0 spiro atoms. The number of unbranched alkanes of at least 4 members (excludes halogenated alkanes) is 1. The monoisotopic (exact) mass is 312 g/mol. The van der Waals surface area contributed by atoms with Crippen LogP contribution in [0.3, 0.4) is 0 Å². The molecule has 0 N–H and O–H groups in total. The molecular formula is C22H32O. The maximum atomic E-state index is 12.6. The van der Waals surface area contributed by atoms with Crippen LogP contribution in [0.4, 0.5) is 0 Å². The molecule has 0 amide bonds. The molecular weight excluding hydrogens is 280 g/mol. The topological polar surface area (TPSA) is 17.1 Å². The van der Waals surface area contributed by atoms with Crippen molar-refractivity contribution in [1.82, 2.24) is 0 Å². The van der Waals surface area contributed by atoms with Gasteiger partial charge >= 0.3 is 0 Å². The van der Waals surface area contributed by atoms with Gasteiger partial charge in [-0.25, -0.2) is 0 Å². The Labute approximate surface area is 142 Å². The van der Waals surface area contributed by atoms with Gasteiger partial charge in [-0.1, -0.05) is 57.4 Å². The van der Waals surface area contributed by atoms with Crippen LogP contribution in [0, 0.1) is 5.41 Å². The molecule has 1 aliphatic rings. The quantitative estimate of drug-likeness (QED) is 0.471. The predicted molar refractivity (Wildman–Crippen MR) is 99.1 cm³/mol. The van der Waals surface area contributed by atoms with E-state index < -0.39 is 0 Å². The highest BCUT2D eigenvalue weighted by Crippen LogP contribution is 2.29. The van der Waals surface area contributed by atoms with E-state index in [1.807, 2.05) is 26.8 Å². The van der Waals surface area contributed by atoms with E-state index in [0.717, 1.165) is 24.8 Å². The van der Waals surface area contributed by atoms with Crippen molar-refractivity contribution in [3.05, 3.63) is 46.0 Å². The minimum absolute atomic E-state index is 0.250. The highest BCUT2D eigenvalue weighted by atomic mass is 16.1. The van der Waals surface area contributed by atoms with Gasteiger partial charge in [0.05, 0.1) is 0 Å². The molecule has 0 aliphatic heterocycles.